The van der Waals surface area contributed by atoms with Crippen LogP contribution >= 0.6 is 0 Å². The van der Waals surface area contributed by atoms with E-state index in [2.05, 4.69) is 5.32 Å². The van der Waals surface area contributed by atoms with Crippen LogP contribution in [0, 0.1) is 5.82 Å². The van der Waals surface area contributed by atoms with Gasteiger partial charge in [0, 0.05) is 19.5 Å². The van der Waals surface area contributed by atoms with Crippen molar-refractivity contribution >= 4 is 21.8 Å². The molecule has 2 amide bonds. The molecule has 8 nitrogen and oxygen atoms in total. The standard InChI is InChI=1S/C31H32FN3O5S/c1-41(38,39)34(21-25-11-6-3-7-12-25)23-30(36)35(22-26-14-16-27(32)17-15-26)29(19-24-9-4-2-5-10-24)31(37)33-20-28-13-8-18-40-28/h2-18,29H,19-23H2,1H3,(H,33,37)/t29-/m0/s1. The minimum atomic E-state index is -3.79. The maximum absolute atomic E-state index is 14.0. The summed E-state index contributed by atoms with van der Waals surface area (Å²) in [5.41, 5.74) is 2.12. The Morgan fingerprint density at radius 1 is 0.829 bits per heavy atom. The molecule has 0 spiro atoms. The van der Waals surface area contributed by atoms with Crippen molar-refractivity contribution in [2.24, 2.45) is 0 Å². The summed E-state index contributed by atoms with van der Waals surface area (Å²) in [6, 6.07) is 26.2. The van der Waals surface area contributed by atoms with E-state index < -0.39 is 40.2 Å². The normalized spacial score (nSPS) is 12.2. The average Bonchev–Trinajstić information content (AvgIpc) is 3.49. The lowest BCUT2D eigenvalue weighted by atomic mass is 10.0. The molecular weight excluding hydrogens is 545 g/mol. The van der Waals surface area contributed by atoms with Gasteiger partial charge in [-0.2, -0.15) is 4.31 Å². The van der Waals surface area contributed by atoms with Crippen LogP contribution in [0.1, 0.15) is 22.5 Å². The van der Waals surface area contributed by atoms with Gasteiger partial charge in [0.15, 0.2) is 0 Å². The second-order valence-electron chi connectivity index (χ2n) is 9.67. The molecule has 0 unspecified atom stereocenters. The quantitative estimate of drug-likeness (QED) is 0.258. The van der Waals surface area contributed by atoms with Crippen LogP contribution in [0.25, 0.3) is 0 Å². The van der Waals surface area contributed by atoms with Crippen molar-refractivity contribution in [2.45, 2.75) is 32.1 Å². The van der Waals surface area contributed by atoms with E-state index in [4.69, 9.17) is 4.42 Å². The average molecular weight is 578 g/mol. The molecule has 0 radical (unpaired) electrons. The fraction of sp³-hybridized carbons (Fsp3) is 0.226. The highest BCUT2D eigenvalue weighted by molar-refractivity contribution is 7.88. The Balaban J connectivity index is 1.67. The third-order valence-corrected chi connectivity index (χ3v) is 7.73. The van der Waals surface area contributed by atoms with E-state index in [0.29, 0.717) is 16.9 Å². The van der Waals surface area contributed by atoms with Crippen molar-refractivity contribution in [3.8, 4) is 0 Å². The Bertz CT molecular complexity index is 1510. The van der Waals surface area contributed by atoms with Crippen LogP contribution in [0.15, 0.2) is 108 Å². The van der Waals surface area contributed by atoms with Crippen molar-refractivity contribution in [1.29, 1.82) is 0 Å². The van der Waals surface area contributed by atoms with Gasteiger partial charge in [0.05, 0.1) is 25.6 Å². The number of furan rings is 1. The van der Waals surface area contributed by atoms with Crippen molar-refractivity contribution in [2.75, 3.05) is 12.8 Å². The van der Waals surface area contributed by atoms with Gasteiger partial charge in [0.1, 0.15) is 17.6 Å². The molecule has 1 heterocycles. The maximum Gasteiger partial charge on any atom is 0.243 e. The number of hydrogen-bond acceptors (Lipinski definition) is 5. The summed E-state index contributed by atoms with van der Waals surface area (Å²) in [5.74, 6) is -0.895. The molecule has 10 heteroatoms. The fourth-order valence-corrected chi connectivity index (χ4v) is 5.09. The summed E-state index contributed by atoms with van der Waals surface area (Å²) in [5, 5.41) is 2.84. The molecule has 1 atom stereocenters. The summed E-state index contributed by atoms with van der Waals surface area (Å²) in [6.07, 6.45) is 2.72. The number of nitrogens with zero attached hydrogens (tertiary/aromatic N) is 2. The summed E-state index contributed by atoms with van der Waals surface area (Å²) < 4.78 is 45.6. The van der Waals surface area contributed by atoms with Gasteiger partial charge in [-0.25, -0.2) is 12.8 Å². The number of nitrogens with one attached hydrogen (secondary N) is 1. The number of amides is 2. The van der Waals surface area contributed by atoms with E-state index in [9.17, 15) is 22.4 Å². The molecule has 0 fully saturated rings. The molecule has 41 heavy (non-hydrogen) atoms. The highest BCUT2D eigenvalue weighted by Gasteiger charge is 2.33. The first kappa shape index (κ1) is 29.7. The second kappa shape index (κ2) is 13.9. The largest absolute Gasteiger partial charge is 0.467 e. The summed E-state index contributed by atoms with van der Waals surface area (Å²) in [6.45, 7) is -0.414. The predicted molar refractivity (Wildman–Crippen MR) is 153 cm³/mol. The van der Waals surface area contributed by atoms with Gasteiger partial charge >= 0.3 is 0 Å². The number of halogens is 1. The van der Waals surface area contributed by atoms with Crippen LogP contribution in [-0.2, 0) is 45.7 Å². The lowest BCUT2D eigenvalue weighted by molar-refractivity contribution is -0.141. The molecule has 4 aromatic rings. The molecular formula is C31H32FN3O5S. The zero-order valence-corrected chi connectivity index (χ0v) is 23.5. The predicted octanol–water partition coefficient (Wildman–Crippen LogP) is 4.14. The molecule has 1 aromatic heterocycles. The number of carbonyl (C=O) groups is 2. The SMILES string of the molecule is CS(=O)(=O)N(CC(=O)N(Cc1ccc(F)cc1)[C@@H](Cc1ccccc1)C(=O)NCc1ccco1)Cc1ccccc1. The van der Waals surface area contributed by atoms with Crippen LogP contribution in [-0.4, -0.2) is 48.3 Å². The Morgan fingerprint density at radius 2 is 1.44 bits per heavy atom. The third-order valence-electron chi connectivity index (χ3n) is 6.54. The Hall–Kier alpha value is -4.28. The fourth-order valence-electron chi connectivity index (χ4n) is 4.36. The minimum Gasteiger partial charge on any atom is -0.467 e. The number of carbonyl (C=O) groups excluding carboxylic acids is 2. The molecule has 0 aliphatic carbocycles. The number of sulfonamides is 1. The molecule has 3 aromatic carbocycles. The minimum absolute atomic E-state index is 0.0101. The van der Waals surface area contributed by atoms with Gasteiger partial charge in [0.2, 0.25) is 21.8 Å². The second-order valence-corrected chi connectivity index (χ2v) is 11.6. The van der Waals surface area contributed by atoms with Gasteiger partial charge in [-0.3, -0.25) is 9.59 Å². The summed E-state index contributed by atoms with van der Waals surface area (Å²) in [4.78, 5) is 29.0. The lowest BCUT2D eigenvalue weighted by Gasteiger charge is -2.33. The van der Waals surface area contributed by atoms with Gasteiger partial charge in [-0.1, -0.05) is 72.8 Å². The van der Waals surface area contributed by atoms with E-state index in [1.54, 1.807) is 36.4 Å². The summed E-state index contributed by atoms with van der Waals surface area (Å²) in [7, 11) is -3.79. The molecule has 4 rings (SSSR count). The van der Waals surface area contributed by atoms with E-state index in [1.807, 2.05) is 36.4 Å². The van der Waals surface area contributed by atoms with Crippen molar-refractivity contribution in [3.63, 3.8) is 0 Å². The molecule has 0 saturated heterocycles. The van der Waals surface area contributed by atoms with Gasteiger partial charge < -0.3 is 14.6 Å². The van der Waals surface area contributed by atoms with Crippen LogP contribution in [0.5, 0.6) is 0 Å². The molecule has 214 valence electrons. The molecule has 0 saturated carbocycles. The molecule has 0 aliphatic rings. The number of rotatable bonds is 13. The highest BCUT2D eigenvalue weighted by Crippen LogP contribution is 2.18. The monoisotopic (exact) mass is 577 g/mol. The Morgan fingerprint density at radius 3 is 2.02 bits per heavy atom. The van der Waals surface area contributed by atoms with Crippen molar-refractivity contribution in [3.05, 3.63) is 132 Å². The van der Waals surface area contributed by atoms with E-state index >= 15 is 0 Å². The summed E-state index contributed by atoms with van der Waals surface area (Å²) >= 11 is 0. The number of benzene rings is 3. The van der Waals surface area contributed by atoms with Gasteiger partial charge in [0.25, 0.3) is 0 Å². The van der Waals surface area contributed by atoms with E-state index in [0.717, 1.165) is 16.1 Å². The Kier molecular flexibility index (Phi) is 10.0. The van der Waals surface area contributed by atoms with Crippen LogP contribution < -0.4 is 5.32 Å². The molecule has 0 aliphatic heterocycles. The van der Waals surface area contributed by atoms with E-state index in [1.165, 1.54) is 35.4 Å². The van der Waals surface area contributed by atoms with Crippen molar-refractivity contribution < 1.29 is 26.8 Å². The van der Waals surface area contributed by atoms with E-state index in [-0.39, 0.29) is 26.1 Å². The Labute approximate surface area is 239 Å². The molecule has 0 bridgehead atoms. The van der Waals surface area contributed by atoms with Crippen molar-refractivity contribution in [1.82, 2.24) is 14.5 Å². The van der Waals surface area contributed by atoms with Crippen LogP contribution in [0.2, 0.25) is 0 Å². The first-order valence-corrected chi connectivity index (χ1v) is 14.9. The zero-order chi connectivity index (χ0) is 29.2. The van der Waals surface area contributed by atoms with Crippen LogP contribution in [0.4, 0.5) is 4.39 Å². The topological polar surface area (TPSA) is 99.9 Å². The molecule has 1 N–H and O–H groups in total. The third kappa shape index (κ3) is 8.86. The van der Waals surface area contributed by atoms with Gasteiger partial charge in [-0.15, -0.1) is 0 Å². The van der Waals surface area contributed by atoms with Gasteiger partial charge in [-0.05, 0) is 41.0 Å². The lowest BCUT2D eigenvalue weighted by Crippen LogP contribution is -2.53. The van der Waals surface area contributed by atoms with Crippen LogP contribution in [0.3, 0.4) is 0 Å². The highest BCUT2D eigenvalue weighted by atomic mass is 32.2. The first-order chi connectivity index (χ1) is 19.7. The first-order valence-electron chi connectivity index (χ1n) is 13.1. The number of hydrogen-bond donors (Lipinski definition) is 1. The smallest absolute Gasteiger partial charge is 0.243 e. The maximum atomic E-state index is 14.0. The zero-order valence-electron chi connectivity index (χ0n) is 22.6.